The Labute approximate surface area is 121 Å². The first-order valence-corrected chi connectivity index (χ1v) is 7.78. The summed E-state index contributed by atoms with van der Waals surface area (Å²) in [6.45, 7) is 2.87. The van der Waals surface area contributed by atoms with E-state index >= 15 is 0 Å². The predicted molar refractivity (Wildman–Crippen MR) is 80.2 cm³/mol. The Balaban J connectivity index is 2.23. The monoisotopic (exact) mass is 279 g/mol. The van der Waals surface area contributed by atoms with Gasteiger partial charge in [0.2, 0.25) is 0 Å². The van der Waals surface area contributed by atoms with Gasteiger partial charge in [0.1, 0.15) is 5.82 Å². The summed E-state index contributed by atoms with van der Waals surface area (Å²) < 4.78 is 19.9. The van der Waals surface area contributed by atoms with Gasteiger partial charge in [-0.05, 0) is 31.4 Å². The lowest BCUT2D eigenvalue weighted by Crippen LogP contribution is -2.39. The van der Waals surface area contributed by atoms with Crippen molar-refractivity contribution in [3.05, 3.63) is 35.6 Å². The quantitative estimate of drug-likeness (QED) is 0.847. The molecule has 1 aliphatic carbocycles. The van der Waals surface area contributed by atoms with Crippen LogP contribution in [-0.2, 0) is 4.74 Å². The van der Waals surface area contributed by atoms with Crippen LogP contribution in [-0.4, -0.2) is 19.8 Å². The Morgan fingerprint density at radius 2 is 1.95 bits per heavy atom. The van der Waals surface area contributed by atoms with Gasteiger partial charge in [-0.1, -0.05) is 44.4 Å². The van der Waals surface area contributed by atoms with Gasteiger partial charge < -0.3 is 10.1 Å². The van der Waals surface area contributed by atoms with Crippen molar-refractivity contribution in [2.45, 2.75) is 51.2 Å². The Hall–Kier alpha value is -0.930. The van der Waals surface area contributed by atoms with Crippen LogP contribution in [0.25, 0.3) is 0 Å². The maximum atomic E-state index is 14.1. The Kier molecular flexibility index (Phi) is 5.99. The van der Waals surface area contributed by atoms with Crippen molar-refractivity contribution in [2.75, 3.05) is 13.7 Å². The summed E-state index contributed by atoms with van der Waals surface area (Å²) in [6, 6.07) is 6.99. The molecule has 0 spiro atoms. The summed E-state index contributed by atoms with van der Waals surface area (Å²) in [4.78, 5) is 0. The summed E-state index contributed by atoms with van der Waals surface area (Å²) in [5.41, 5.74) is 0.728. The van der Waals surface area contributed by atoms with Crippen LogP contribution in [0.2, 0.25) is 0 Å². The summed E-state index contributed by atoms with van der Waals surface area (Å²) in [7, 11) is 1.75. The molecule has 2 nitrogen and oxygen atoms in total. The van der Waals surface area contributed by atoms with Crippen LogP contribution in [0.5, 0.6) is 0 Å². The van der Waals surface area contributed by atoms with Crippen LogP contribution in [0, 0.1) is 11.7 Å². The smallest absolute Gasteiger partial charge is 0.128 e. The standard InChI is InChI=1S/C17H26FNO/c1-3-19-16(14-11-7-8-12-15(14)18)17(20-2)13-9-5-4-6-10-13/h7-8,11-13,16-17,19H,3-6,9-10H2,1-2H3. The van der Waals surface area contributed by atoms with Crippen LogP contribution in [0.15, 0.2) is 24.3 Å². The van der Waals surface area contributed by atoms with Gasteiger partial charge in [-0.3, -0.25) is 0 Å². The zero-order valence-electron chi connectivity index (χ0n) is 12.6. The molecule has 0 bridgehead atoms. The molecule has 1 N–H and O–H groups in total. The third kappa shape index (κ3) is 3.58. The number of halogens is 1. The second-order valence-corrected chi connectivity index (χ2v) is 5.66. The molecule has 20 heavy (non-hydrogen) atoms. The lowest BCUT2D eigenvalue weighted by molar-refractivity contribution is 0.00708. The number of hydrogen-bond donors (Lipinski definition) is 1. The molecule has 0 aromatic heterocycles. The van der Waals surface area contributed by atoms with E-state index in [0.717, 1.165) is 12.1 Å². The lowest BCUT2D eigenvalue weighted by Gasteiger charge is -2.35. The summed E-state index contributed by atoms with van der Waals surface area (Å²) in [6.07, 6.45) is 6.27. The molecule has 112 valence electrons. The molecule has 1 fully saturated rings. The van der Waals surface area contributed by atoms with E-state index < -0.39 is 0 Å². The third-order valence-corrected chi connectivity index (χ3v) is 4.38. The van der Waals surface area contributed by atoms with Gasteiger partial charge in [-0.2, -0.15) is 0 Å². The van der Waals surface area contributed by atoms with Crippen LogP contribution in [0.1, 0.15) is 50.6 Å². The highest BCUT2D eigenvalue weighted by molar-refractivity contribution is 5.22. The topological polar surface area (TPSA) is 21.3 Å². The molecule has 3 heteroatoms. The molecule has 0 aliphatic heterocycles. The van der Waals surface area contributed by atoms with Gasteiger partial charge in [0.25, 0.3) is 0 Å². The Morgan fingerprint density at radius 1 is 1.25 bits per heavy atom. The first-order chi connectivity index (χ1) is 9.77. The Bertz CT molecular complexity index is 404. The molecule has 0 saturated heterocycles. The average molecular weight is 279 g/mol. The molecule has 1 aromatic rings. The number of likely N-dealkylation sites (N-methyl/N-ethyl adjacent to an activating group) is 1. The van der Waals surface area contributed by atoms with E-state index in [1.807, 2.05) is 12.1 Å². The fourth-order valence-electron chi connectivity index (χ4n) is 3.41. The van der Waals surface area contributed by atoms with Crippen LogP contribution < -0.4 is 5.32 Å². The summed E-state index contributed by atoms with van der Waals surface area (Å²) >= 11 is 0. The molecule has 2 atom stereocenters. The maximum absolute atomic E-state index is 14.1. The van der Waals surface area contributed by atoms with Gasteiger partial charge in [0.15, 0.2) is 0 Å². The van der Waals surface area contributed by atoms with E-state index in [1.165, 1.54) is 38.2 Å². The molecular weight excluding hydrogens is 253 g/mol. The molecule has 1 aromatic carbocycles. The van der Waals surface area contributed by atoms with Gasteiger partial charge in [0.05, 0.1) is 12.1 Å². The van der Waals surface area contributed by atoms with Crippen molar-refractivity contribution < 1.29 is 9.13 Å². The molecule has 0 amide bonds. The normalized spacial score (nSPS) is 19.8. The first-order valence-electron chi connectivity index (χ1n) is 7.78. The molecule has 2 rings (SSSR count). The van der Waals surface area contributed by atoms with Gasteiger partial charge >= 0.3 is 0 Å². The van der Waals surface area contributed by atoms with Crippen molar-refractivity contribution in [2.24, 2.45) is 5.92 Å². The second kappa shape index (κ2) is 7.75. The SMILES string of the molecule is CCNC(c1ccccc1F)C(OC)C1CCCCC1. The van der Waals surface area contributed by atoms with E-state index in [1.54, 1.807) is 13.2 Å². The number of rotatable bonds is 6. The number of methoxy groups -OCH3 is 1. The number of benzene rings is 1. The summed E-state index contributed by atoms with van der Waals surface area (Å²) in [5, 5.41) is 3.42. The van der Waals surface area contributed by atoms with E-state index in [4.69, 9.17) is 4.74 Å². The largest absolute Gasteiger partial charge is 0.379 e. The molecule has 0 heterocycles. The first kappa shape index (κ1) is 15.5. The van der Waals surface area contributed by atoms with Crippen molar-refractivity contribution in [1.82, 2.24) is 5.32 Å². The number of ether oxygens (including phenoxy) is 1. The molecule has 0 radical (unpaired) electrons. The van der Waals surface area contributed by atoms with Crippen LogP contribution in [0.4, 0.5) is 4.39 Å². The van der Waals surface area contributed by atoms with E-state index in [-0.39, 0.29) is 18.0 Å². The van der Waals surface area contributed by atoms with Crippen molar-refractivity contribution >= 4 is 0 Å². The average Bonchev–Trinajstić information content (AvgIpc) is 2.49. The third-order valence-electron chi connectivity index (χ3n) is 4.38. The molecule has 1 saturated carbocycles. The van der Waals surface area contributed by atoms with Crippen molar-refractivity contribution in [3.63, 3.8) is 0 Å². The minimum atomic E-state index is -0.142. The summed E-state index contributed by atoms with van der Waals surface area (Å²) in [5.74, 6) is 0.383. The number of hydrogen-bond acceptors (Lipinski definition) is 2. The highest BCUT2D eigenvalue weighted by Gasteiger charge is 2.32. The lowest BCUT2D eigenvalue weighted by atomic mass is 9.81. The molecular formula is C17H26FNO. The van der Waals surface area contributed by atoms with Gasteiger partial charge in [-0.15, -0.1) is 0 Å². The predicted octanol–water partition coefficient (Wildman–Crippen LogP) is 4.07. The van der Waals surface area contributed by atoms with Crippen LogP contribution in [0.3, 0.4) is 0 Å². The van der Waals surface area contributed by atoms with Crippen molar-refractivity contribution in [3.8, 4) is 0 Å². The van der Waals surface area contributed by atoms with E-state index in [9.17, 15) is 4.39 Å². The zero-order chi connectivity index (χ0) is 14.4. The highest BCUT2D eigenvalue weighted by atomic mass is 19.1. The van der Waals surface area contributed by atoms with E-state index in [0.29, 0.717) is 5.92 Å². The Morgan fingerprint density at radius 3 is 2.55 bits per heavy atom. The maximum Gasteiger partial charge on any atom is 0.128 e. The fraction of sp³-hybridized carbons (Fsp3) is 0.647. The van der Waals surface area contributed by atoms with Gasteiger partial charge in [-0.25, -0.2) is 4.39 Å². The fourth-order valence-corrected chi connectivity index (χ4v) is 3.41. The van der Waals surface area contributed by atoms with Gasteiger partial charge in [0, 0.05) is 12.7 Å². The minimum absolute atomic E-state index is 0.0483. The second-order valence-electron chi connectivity index (χ2n) is 5.66. The van der Waals surface area contributed by atoms with Crippen molar-refractivity contribution in [1.29, 1.82) is 0 Å². The zero-order valence-corrected chi connectivity index (χ0v) is 12.6. The minimum Gasteiger partial charge on any atom is -0.379 e. The van der Waals surface area contributed by atoms with Crippen LogP contribution >= 0.6 is 0 Å². The molecule has 2 unspecified atom stereocenters. The molecule has 1 aliphatic rings. The number of nitrogens with one attached hydrogen (secondary N) is 1. The highest BCUT2D eigenvalue weighted by Crippen LogP contribution is 2.34. The van der Waals surface area contributed by atoms with E-state index in [2.05, 4.69) is 12.2 Å².